The van der Waals surface area contributed by atoms with Crippen LogP contribution in [0.2, 0.25) is 0 Å². The summed E-state index contributed by atoms with van der Waals surface area (Å²) in [4.78, 5) is 0.307. The number of hydrogen-bond acceptors (Lipinski definition) is 3. The van der Waals surface area contributed by atoms with Crippen molar-refractivity contribution in [3.05, 3.63) is 46.3 Å². The van der Waals surface area contributed by atoms with Gasteiger partial charge in [-0.1, -0.05) is 0 Å². The van der Waals surface area contributed by atoms with Gasteiger partial charge in [-0.2, -0.15) is 0 Å². The Morgan fingerprint density at radius 3 is 2.29 bits per heavy atom. The van der Waals surface area contributed by atoms with Gasteiger partial charge in [-0.15, -0.1) is 0 Å². The number of sulfonamides is 1. The third-order valence-electron chi connectivity index (χ3n) is 4.55. The van der Waals surface area contributed by atoms with E-state index in [1.807, 2.05) is 27.8 Å². The van der Waals surface area contributed by atoms with Crippen molar-refractivity contribution in [2.24, 2.45) is 7.05 Å². The summed E-state index contributed by atoms with van der Waals surface area (Å²) >= 11 is 0. The second-order valence-corrected chi connectivity index (χ2v) is 7.93. The zero-order chi connectivity index (χ0) is 18.1. The molecule has 2 aromatic rings. The van der Waals surface area contributed by atoms with E-state index in [4.69, 9.17) is 4.74 Å². The number of nitrogens with one attached hydrogen (secondary N) is 1. The van der Waals surface area contributed by atoms with Gasteiger partial charge in [-0.05, 0) is 69.0 Å². The average molecular weight is 350 g/mol. The molecule has 0 fully saturated rings. The zero-order valence-electron chi connectivity index (χ0n) is 15.2. The van der Waals surface area contributed by atoms with E-state index in [1.165, 1.54) is 17.0 Å². The fourth-order valence-corrected chi connectivity index (χ4v) is 4.20. The smallest absolute Gasteiger partial charge is 0.240 e. The quantitative estimate of drug-likeness (QED) is 0.871. The molecule has 0 spiro atoms. The van der Waals surface area contributed by atoms with Crippen LogP contribution in [0.4, 0.5) is 0 Å². The standard InChI is InChI=1S/C18H26N2O3S/c1-12-10-18(13(2)9-17(12)23-6)24(21,22)19-8-7-16-11-14(3)20(5)15(16)4/h9-11,19H,7-8H2,1-6H3. The van der Waals surface area contributed by atoms with Gasteiger partial charge in [0.1, 0.15) is 5.75 Å². The monoisotopic (exact) mass is 350 g/mol. The number of nitrogens with zero attached hydrogens (tertiary/aromatic N) is 1. The second-order valence-electron chi connectivity index (χ2n) is 6.19. The molecule has 0 saturated heterocycles. The van der Waals surface area contributed by atoms with Crippen LogP contribution in [0.5, 0.6) is 5.75 Å². The Bertz CT molecular complexity index is 852. The van der Waals surface area contributed by atoms with Gasteiger partial charge in [0.05, 0.1) is 12.0 Å². The summed E-state index contributed by atoms with van der Waals surface area (Å²) < 4.78 is 35.3. The third kappa shape index (κ3) is 3.65. The molecule has 0 atom stereocenters. The molecule has 0 bridgehead atoms. The fraction of sp³-hybridized carbons (Fsp3) is 0.444. The predicted octanol–water partition coefficient (Wildman–Crippen LogP) is 2.79. The minimum atomic E-state index is -3.54. The van der Waals surface area contributed by atoms with Crippen LogP contribution in [-0.4, -0.2) is 26.6 Å². The lowest BCUT2D eigenvalue weighted by Crippen LogP contribution is -2.26. The average Bonchev–Trinajstić information content (AvgIpc) is 2.76. The van der Waals surface area contributed by atoms with Gasteiger partial charge in [0.25, 0.3) is 0 Å². The molecule has 0 unspecified atom stereocenters. The molecule has 24 heavy (non-hydrogen) atoms. The highest BCUT2D eigenvalue weighted by atomic mass is 32.2. The number of ether oxygens (including phenoxy) is 1. The predicted molar refractivity (Wildman–Crippen MR) is 96.2 cm³/mol. The molecule has 1 aromatic heterocycles. The van der Waals surface area contributed by atoms with Crippen molar-refractivity contribution in [1.29, 1.82) is 0 Å². The molecule has 1 heterocycles. The van der Waals surface area contributed by atoms with Crippen LogP contribution in [0, 0.1) is 27.7 Å². The molecule has 132 valence electrons. The Kier molecular flexibility index (Phi) is 5.40. The summed E-state index contributed by atoms with van der Waals surface area (Å²) in [5.41, 5.74) is 4.99. The molecule has 0 radical (unpaired) electrons. The minimum Gasteiger partial charge on any atom is -0.496 e. The summed E-state index contributed by atoms with van der Waals surface area (Å²) in [6, 6.07) is 5.52. The van der Waals surface area contributed by atoms with E-state index in [0.717, 1.165) is 5.56 Å². The first-order valence-electron chi connectivity index (χ1n) is 7.94. The number of benzene rings is 1. The maximum atomic E-state index is 12.6. The van der Waals surface area contributed by atoms with Gasteiger partial charge < -0.3 is 9.30 Å². The maximum Gasteiger partial charge on any atom is 0.240 e. The Labute approximate surface area is 144 Å². The van der Waals surface area contributed by atoms with Gasteiger partial charge in [-0.25, -0.2) is 13.1 Å². The first-order chi connectivity index (χ1) is 11.2. The van der Waals surface area contributed by atoms with E-state index in [9.17, 15) is 8.42 Å². The van der Waals surface area contributed by atoms with Crippen LogP contribution in [0.3, 0.4) is 0 Å². The van der Waals surface area contributed by atoms with Gasteiger partial charge in [0, 0.05) is 25.0 Å². The van der Waals surface area contributed by atoms with Crippen LogP contribution in [0.25, 0.3) is 0 Å². The molecule has 0 aliphatic carbocycles. The number of methoxy groups -OCH3 is 1. The largest absolute Gasteiger partial charge is 0.496 e. The van der Waals surface area contributed by atoms with Gasteiger partial charge in [0.15, 0.2) is 0 Å². The van der Waals surface area contributed by atoms with Gasteiger partial charge in [-0.3, -0.25) is 0 Å². The molecule has 0 aliphatic rings. The molecule has 1 aromatic carbocycles. The summed E-state index contributed by atoms with van der Waals surface area (Å²) in [6.07, 6.45) is 0.668. The molecule has 1 N–H and O–H groups in total. The van der Waals surface area contributed by atoms with E-state index < -0.39 is 10.0 Å². The Morgan fingerprint density at radius 2 is 1.75 bits per heavy atom. The van der Waals surface area contributed by atoms with Crippen LogP contribution in [-0.2, 0) is 23.5 Å². The van der Waals surface area contributed by atoms with Crippen molar-refractivity contribution in [2.45, 2.75) is 39.0 Å². The van der Waals surface area contributed by atoms with Crippen molar-refractivity contribution in [2.75, 3.05) is 13.7 Å². The molecular formula is C18H26N2O3S. The highest BCUT2D eigenvalue weighted by molar-refractivity contribution is 7.89. The molecule has 2 rings (SSSR count). The molecular weight excluding hydrogens is 324 g/mol. The Hall–Kier alpha value is -1.79. The second kappa shape index (κ2) is 6.99. The summed E-state index contributed by atoms with van der Waals surface area (Å²) in [6.45, 7) is 8.09. The number of rotatable bonds is 6. The summed E-state index contributed by atoms with van der Waals surface area (Å²) in [5, 5.41) is 0. The van der Waals surface area contributed by atoms with Crippen molar-refractivity contribution in [3.63, 3.8) is 0 Å². The molecule has 0 aliphatic heterocycles. The number of hydrogen-bond donors (Lipinski definition) is 1. The van der Waals surface area contributed by atoms with Crippen LogP contribution >= 0.6 is 0 Å². The molecule has 0 saturated carbocycles. The lowest BCUT2D eigenvalue weighted by Gasteiger charge is -2.13. The van der Waals surface area contributed by atoms with E-state index in [0.29, 0.717) is 29.2 Å². The van der Waals surface area contributed by atoms with E-state index in [-0.39, 0.29) is 0 Å². The molecule has 0 amide bonds. The van der Waals surface area contributed by atoms with Crippen LogP contribution in [0.1, 0.15) is 28.1 Å². The zero-order valence-corrected chi connectivity index (χ0v) is 16.0. The molecule has 6 heteroatoms. The van der Waals surface area contributed by atoms with E-state index in [2.05, 4.69) is 15.4 Å². The summed E-state index contributed by atoms with van der Waals surface area (Å²) in [7, 11) is 0.0603. The SMILES string of the molecule is COc1cc(C)c(S(=O)(=O)NCCc2cc(C)n(C)c2C)cc1C. The van der Waals surface area contributed by atoms with Gasteiger partial charge in [0.2, 0.25) is 10.0 Å². The normalized spacial score (nSPS) is 11.8. The highest BCUT2D eigenvalue weighted by Crippen LogP contribution is 2.25. The maximum absolute atomic E-state index is 12.6. The first-order valence-corrected chi connectivity index (χ1v) is 9.42. The lowest BCUT2D eigenvalue weighted by atomic mass is 10.1. The Balaban J connectivity index is 2.14. The molecule has 5 nitrogen and oxygen atoms in total. The Morgan fingerprint density at radius 1 is 1.08 bits per heavy atom. The minimum absolute atomic E-state index is 0.307. The summed E-state index contributed by atoms with van der Waals surface area (Å²) in [5.74, 6) is 0.696. The number of aryl methyl sites for hydroxylation is 3. The van der Waals surface area contributed by atoms with Crippen LogP contribution in [0.15, 0.2) is 23.1 Å². The van der Waals surface area contributed by atoms with Crippen molar-refractivity contribution in [3.8, 4) is 5.75 Å². The van der Waals surface area contributed by atoms with Crippen molar-refractivity contribution >= 4 is 10.0 Å². The van der Waals surface area contributed by atoms with Gasteiger partial charge >= 0.3 is 0 Å². The van der Waals surface area contributed by atoms with Crippen LogP contribution < -0.4 is 9.46 Å². The van der Waals surface area contributed by atoms with E-state index >= 15 is 0 Å². The van der Waals surface area contributed by atoms with Crippen molar-refractivity contribution in [1.82, 2.24) is 9.29 Å². The van der Waals surface area contributed by atoms with E-state index in [1.54, 1.807) is 26.2 Å². The highest BCUT2D eigenvalue weighted by Gasteiger charge is 2.18. The number of aromatic nitrogens is 1. The fourth-order valence-electron chi connectivity index (χ4n) is 2.86. The topological polar surface area (TPSA) is 60.3 Å². The van der Waals surface area contributed by atoms with Crippen molar-refractivity contribution < 1.29 is 13.2 Å². The first kappa shape index (κ1) is 18.5. The lowest BCUT2D eigenvalue weighted by molar-refractivity contribution is 0.411. The third-order valence-corrected chi connectivity index (χ3v) is 6.15.